The van der Waals surface area contributed by atoms with Crippen LogP contribution in [0.3, 0.4) is 0 Å². The highest BCUT2D eigenvalue weighted by Crippen LogP contribution is 2.28. The Bertz CT molecular complexity index is 1470. The van der Waals surface area contributed by atoms with Crippen LogP contribution < -0.4 is 5.56 Å². The van der Waals surface area contributed by atoms with Crippen LogP contribution in [0.25, 0.3) is 21.7 Å². The fourth-order valence-corrected chi connectivity index (χ4v) is 5.95. The van der Waals surface area contributed by atoms with Crippen LogP contribution in [-0.2, 0) is 0 Å². The lowest BCUT2D eigenvalue weighted by Crippen LogP contribution is -2.22. The number of rotatable bonds is 5. The fourth-order valence-electron chi connectivity index (χ4n) is 4.38. The molecule has 0 unspecified atom stereocenters. The summed E-state index contributed by atoms with van der Waals surface area (Å²) < 4.78 is 5.08. The zero-order chi connectivity index (χ0) is 25.9. The minimum absolute atomic E-state index is 0.141. The van der Waals surface area contributed by atoms with Gasteiger partial charge in [-0.05, 0) is 94.0 Å². The van der Waals surface area contributed by atoms with E-state index in [2.05, 4.69) is 30.7 Å². The number of thiazole rings is 1. The minimum Gasteiger partial charge on any atom is -0.316 e. The number of hydrogen-bond donors (Lipinski definition) is 1. The molecule has 0 aliphatic carbocycles. The zero-order valence-electron chi connectivity index (χ0n) is 21.6. The topological polar surface area (TPSA) is 46.0 Å². The van der Waals surface area contributed by atoms with Gasteiger partial charge in [-0.3, -0.25) is 13.9 Å². The van der Waals surface area contributed by atoms with Crippen molar-refractivity contribution in [2.75, 3.05) is 19.6 Å². The van der Waals surface area contributed by atoms with E-state index < -0.39 is 0 Å². The molecule has 186 valence electrons. The van der Waals surface area contributed by atoms with Gasteiger partial charge < -0.3 is 9.88 Å². The van der Waals surface area contributed by atoms with Crippen LogP contribution in [0.5, 0.6) is 0 Å². The van der Waals surface area contributed by atoms with Gasteiger partial charge in [0.05, 0.1) is 11.4 Å². The summed E-state index contributed by atoms with van der Waals surface area (Å²) in [6.07, 6.45) is 0. The van der Waals surface area contributed by atoms with Crippen molar-refractivity contribution in [1.82, 2.24) is 19.0 Å². The lowest BCUT2D eigenvalue weighted by molar-refractivity contribution is 0.321. The molecule has 5 nitrogen and oxygen atoms in total. The molecule has 8 heteroatoms. The third-order valence-corrected chi connectivity index (χ3v) is 7.95. The highest BCUT2D eigenvalue weighted by atomic mass is 32.1. The second-order valence-electron chi connectivity index (χ2n) is 8.55. The van der Waals surface area contributed by atoms with Crippen molar-refractivity contribution >= 4 is 46.1 Å². The summed E-state index contributed by atoms with van der Waals surface area (Å²) in [4.78, 5) is 19.1. The van der Waals surface area contributed by atoms with Gasteiger partial charge in [-0.15, -0.1) is 0 Å². The van der Waals surface area contributed by atoms with Crippen molar-refractivity contribution in [3.63, 3.8) is 0 Å². The number of aromatic nitrogens is 3. The second-order valence-corrected chi connectivity index (χ2v) is 10.6. The summed E-state index contributed by atoms with van der Waals surface area (Å²) in [6, 6.07) is 12.0. The van der Waals surface area contributed by atoms with Gasteiger partial charge in [0.2, 0.25) is 0 Å². The Morgan fingerprint density at radius 1 is 0.800 bits per heavy atom. The molecule has 2 aromatic carbocycles. The van der Waals surface area contributed by atoms with Gasteiger partial charge in [0.1, 0.15) is 10.3 Å². The molecule has 2 heterocycles. The Hall–Kier alpha value is -2.39. The van der Waals surface area contributed by atoms with Crippen LogP contribution in [0.2, 0.25) is 0 Å². The Morgan fingerprint density at radius 3 is 1.63 bits per heavy atom. The van der Waals surface area contributed by atoms with E-state index in [0.29, 0.717) is 19.1 Å². The maximum absolute atomic E-state index is 13.4. The van der Waals surface area contributed by atoms with Gasteiger partial charge in [-0.2, -0.15) is 0 Å². The van der Waals surface area contributed by atoms with Crippen molar-refractivity contribution in [3.05, 3.63) is 77.7 Å². The number of aryl methyl sites for hydroxylation is 4. The molecular formula is C27H34N4OS3. The standard InChI is InChI=1S/C21H19N3OS3.C6H15N/c1-11-7-5-8-12(2)15(11)23-18-17(28-21(23)27)19(25)24(20(26)22-18)16-13(3)9-6-10-14(16)4;1-4-7(5-2)6-3/h5-10H,1-4H3,(H,22,26);4-6H2,1-3H3. The summed E-state index contributed by atoms with van der Waals surface area (Å²) in [7, 11) is 0. The predicted octanol–water partition coefficient (Wildman–Crippen LogP) is 7.21. The molecule has 4 aromatic rings. The number of fused-ring (bicyclic) bond motifs is 1. The van der Waals surface area contributed by atoms with E-state index in [1.54, 1.807) is 4.57 Å². The number of para-hydroxylation sites is 2. The Labute approximate surface area is 221 Å². The van der Waals surface area contributed by atoms with Crippen molar-refractivity contribution in [2.45, 2.75) is 48.5 Å². The van der Waals surface area contributed by atoms with E-state index >= 15 is 0 Å². The number of H-pyrrole nitrogens is 1. The Kier molecular flexibility index (Phi) is 8.99. The van der Waals surface area contributed by atoms with Gasteiger partial charge in [0.25, 0.3) is 5.56 Å². The van der Waals surface area contributed by atoms with Gasteiger partial charge in [0, 0.05) is 0 Å². The van der Waals surface area contributed by atoms with Crippen LogP contribution >= 0.6 is 35.8 Å². The highest BCUT2D eigenvalue weighted by Gasteiger charge is 2.18. The minimum atomic E-state index is -0.141. The largest absolute Gasteiger partial charge is 0.316 e. The fraction of sp³-hybridized carbons (Fsp3) is 0.370. The summed E-state index contributed by atoms with van der Waals surface area (Å²) in [5.41, 5.74) is 6.52. The third kappa shape index (κ3) is 5.40. The second kappa shape index (κ2) is 11.6. The molecule has 1 N–H and O–H groups in total. The van der Waals surface area contributed by atoms with Gasteiger partial charge in [-0.25, -0.2) is 0 Å². The Morgan fingerprint density at radius 2 is 1.23 bits per heavy atom. The number of benzene rings is 2. The molecule has 35 heavy (non-hydrogen) atoms. The van der Waals surface area contributed by atoms with Crippen molar-refractivity contribution in [3.8, 4) is 11.4 Å². The van der Waals surface area contributed by atoms with Crippen molar-refractivity contribution in [2.24, 2.45) is 0 Å². The molecule has 0 bridgehead atoms. The molecule has 0 atom stereocenters. The molecule has 0 fully saturated rings. The maximum Gasteiger partial charge on any atom is 0.278 e. The third-order valence-electron chi connectivity index (χ3n) is 6.30. The molecule has 0 radical (unpaired) electrons. The number of aromatic amines is 1. The molecule has 2 aromatic heterocycles. The van der Waals surface area contributed by atoms with Gasteiger partial charge in [0.15, 0.2) is 8.73 Å². The highest BCUT2D eigenvalue weighted by molar-refractivity contribution is 7.73. The van der Waals surface area contributed by atoms with Crippen molar-refractivity contribution < 1.29 is 0 Å². The zero-order valence-corrected chi connectivity index (χ0v) is 24.0. The summed E-state index contributed by atoms with van der Waals surface area (Å²) in [6.45, 7) is 18.2. The van der Waals surface area contributed by atoms with E-state index in [9.17, 15) is 4.79 Å². The molecule has 0 spiro atoms. The average molecular weight is 527 g/mol. The number of hydrogen-bond acceptors (Lipinski definition) is 5. The lowest BCUT2D eigenvalue weighted by Gasteiger charge is -2.14. The smallest absolute Gasteiger partial charge is 0.278 e. The first-order chi connectivity index (χ1) is 16.7. The molecule has 0 saturated heterocycles. The van der Waals surface area contributed by atoms with Crippen LogP contribution in [0, 0.1) is 36.4 Å². The van der Waals surface area contributed by atoms with Crippen molar-refractivity contribution in [1.29, 1.82) is 0 Å². The molecule has 0 amide bonds. The number of nitrogens with one attached hydrogen (secondary N) is 1. The molecular weight excluding hydrogens is 493 g/mol. The SMILES string of the molecule is CCN(CC)CC.Cc1cccc(C)c1-n1c(=S)[nH]c2c(sc(=S)n2-c2c(C)cccc2C)c1=O. The Balaban J connectivity index is 0.000000429. The van der Waals surface area contributed by atoms with Gasteiger partial charge >= 0.3 is 0 Å². The average Bonchev–Trinajstić information content (AvgIpc) is 3.13. The summed E-state index contributed by atoms with van der Waals surface area (Å²) in [5.74, 6) is 0. The van der Waals surface area contributed by atoms with E-state index in [4.69, 9.17) is 24.4 Å². The van der Waals surface area contributed by atoms with E-state index in [1.165, 1.54) is 31.0 Å². The molecule has 0 aliphatic heterocycles. The lowest BCUT2D eigenvalue weighted by atomic mass is 10.1. The number of nitrogens with zero attached hydrogens (tertiary/aromatic N) is 3. The molecule has 0 aliphatic rings. The first kappa shape index (κ1) is 27.2. The quantitative estimate of drug-likeness (QED) is 0.279. The first-order valence-electron chi connectivity index (χ1n) is 11.9. The molecule has 0 saturated carbocycles. The first-order valence-corrected chi connectivity index (χ1v) is 13.6. The normalized spacial score (nSPS) is 11.1. The van der Waals surface area contributed by atoms with Crippen LogP contribution in [0.4, 0.5) is 0 Å². The summed E-state index contributed by atoms with van der Waals surface area (Å²) in [5, 5.41) is 0. The van der Waals surface area contributed by atoms with Crippen LogP contribution in [0.1, 0.15) is 43.0 Å². The van der Waals surface area contributed by atoms with Crippen LogP contribution in [0.15, 0.2) is 41.2 Å². The predicted molar refractivity (Wildman–Crippen MR) is 155 cm³/mol. The molecule has 4 rings (SSSR count). The van der Waals surface area contributed by atoms with Gasteiger partial charge in [-0.1, -0.05) is 68.5 Å². The van der Waals surface area contributed by atoms with Crippen LogP contribution in [-0.4, -0.2) is 38.7 Å². The monoisotopic (exact) mass is 526 g/mol. The van der Waals surface area contributed by atoms with E-state index in [1.807, 2.05) is 68.7 Å². The summed E-state index contributed by atoms with van der Waals surface area (Å²) >= 11 is 12.6. The maximum atomic E-state index is 13.4. The van der Waals surface area contributed by atoms with E-state index in [-0.39, 0.29) is 5.56 Å². The van der Waals surface area contributed by atoms with E-state index in [0.717, 1.165) is 33.6 Å².